The Morgan fingerprint density at radius 2 is 1.84 bits per heavy atom. The van der Waals surface area contributed by atoms with Gasteiger partial charge in [-0.1, -0.05) is 25.1 Å². The maximum atomic E-state index is 14.0. The maximum Gasteiger partial charge on any atom is 0.266 e. The van der Waals surface area contributed by atoms with E-state index in [4.69, 9.17) is 5.14 Å². The molecule has 0 aromatic heterocycles. The topological polar surface area (TPSA) is 43.1 Å². The summed E-state index contributed by atoms with van der Waals surface area (Å²) >= 11 is 0. The SMILES string of the molecule is C[C@H](CC(C)(C)S(N)=O)c1cccc(C(F)F)c1F. The highest BCUT2D eigenvalue weighted by atomic mass is 32.2. The van der Waals surface area contributed by atoms with E-state index < -0.39 is 33.5 Å². The van der Waals surface area contributed by atoms with Crippen molar-refractivity contribution in [3.8, 4) is 0 Å². The maximum absolute atomic E-state index is 14.0. The number of hydrogen-bond acceptors (Lipinski definition) is 1. The molecule has 1 aromatic rings. The quantitative estimate of drug-likeness (QED) is 0.884. The molecule has 2 atom stereocenters. The van der Waals surface area contributed by atoms with E-state index in [1.807, 2.05) is 0 Å². The summed E-state index contributed by atoms with van der Waals surface area (Å²) in [6.45, 7) is 5.12. The van der Waals surface area contributed by atoms with Gasteiger partial charge in [-0.15, -0.1) is 0 Å². The van der Waals surface area contributed by atoms with Crippen LogP contribution in [0.4, 0.5) is 13.2 Å². The van der Waals surface area contributed by atoms with Crippen LogP contribution < -0.4 is 5.14 Å². The molecule has 108 valence electrons. The molecule has 1 aromatic carbocycles. The molecule has 0 bridgehead atoms. The van der Waals surface area contributed by atoms with Crippen LogP contribution in [0.3, 0.4) is 0 Å². The zero-order valence-corrected chi connectivity index (χ0v) is 11.9. The van der Waals surface area contributed by atoms with Crippen LogP contribution in [0, 0.1) is 5.82 Å². The highest BCUT2D eigenvalue weighted by Gasteiger charge is 2.28. The van der Waals surface area contributed by atoms with Gasteiger partial charge in [-0.3, -0.25) is 5.14 Å². The van der Waals surface area contributed by atoms with Crippen molar-refractivity contribution in [3.05, 3.63) is 35.1 Å². The van der Waals surface area contributed by atoms with Gasteiger partial charge in [-0.2, -0.15) is 0 Å². The first-order valence-corrected chi connectivity index (χ1v) is 7.11. The molecule has 0 spiro atoms. The van der Waals surface area contributed by atoms with Crippen molar-refractivity contribution in [3.63, 3.8) is 0 Å². The number of rotatable bonds is 5. The van der Waals surface area contributed by atoms with Crippen molar-refractivity contribution in [1.82, 2.24) is 0 Å². The lowest BCUT2D eigenvalue weighted by Crippen LogP contribution is -2.33. The highest BCUT2D eigenvalue weighted by molar-refractivity contribution is 7.84. The number of halogens is 3. The fourth-order valence-electron chi connectivity index (χ4n) is 2.05. The van der Waals surface area contributed by atoms with Crippen LogP contribution in [0.5, 0.6) is 0 Å². The molecular weight excluding hydrogens is 275 g/mol. The molecule has 0 aliphatic rings. The Morgan fingerprint density at radius 3 is 2.32 bits per heavy atom. The summed E-state index contributed by atoms with van der Waals surface area (Å²) < 4.78 is 49.9. The van der Waals surface area contributed by atoms with E-state index >= 15 is 0 Å². The highest BCUT2D eigenvalue weighted by Crippen LogP contribution is 2.33. The Balaban J connectivity index is 3.04. The summed E-state index contributed by atoms with van der Waals surface area (Å²) in [5, 5.41) is 5.37. The molecule has 0 aliphatic heterocycles. The standard InChI is InChI=1S/C13H18F3NOS/c1-8(7-13(2,3)19(17)18)9-5-4-6-10(11(9)14)12(15)16/h4-6,8,12H,7,17H2,1-3H3/t8-,19?/m1/s1. The molecule has 2 N–H and O–H groups in total. The van der Waals surface area contributed by atoms with E-state index in [1.54, 1.807) is 20.8 Å². The minimum atomic E-state index is -2.84. The molecule has 1 rings (SSSR count). The van der Waals surface area contributed by atoms with Crippen LogP contribution >= 0.6 is 0 Å². The summed E-state index contributed by atoms with van der Waals surface area (Å²) in [4.78, 5) is 0. The predicted octanol–water partition coefficient (Wildman–Crippen LogP) is 3.66. The lowest BCUT2D eigenvalue weighted by atomic mass is 9.90. The fraction of sp³-hybridized carbons (Fsp3) is 0.538. The van der Waals surface area contributed by atoms with Gasteiger partial charge >= 0.3 is 0 Å². The smallest absolute Gasteiger partial charge is 0.251 e. The first-order chi connectivity index (χ1) is 8.66. The molecule has 0 fully saturated rings. The largest absolute Gasteiger partial charge is 0.266 e. The lowest BCUT2D eigenvalue weighted by molar-refractivity contribution is 0.146. The third-order valence-electron chi connectivity index (χ3n) is 3.17. The van der Waals surface area contributed by atoms with Gasteiger partial charge in [0.25, 0.3) is 6.43 Å². The summed E-state index contributed by atoms with van der Waals surface area (Å²) in [5.41, 5.74) is -0.396. The molecule has 0 saturated carbocycles. The fourth-order valence-corrected chi connectivity index (χ4v) is 2.46. The average Bonchev–Trinajstić information content (AvgIpc) is 2.27. The third kappa shape index (κ3) is 3.79. The van der Waals surface area contributed by atoms with E-state index in [1.165, 1.54) is 12.1 Å². The minimum Gasteiger partial charge on any atom is -0.251 e. The summed E-state index contributed by atoms with van der Waals surface area (Å²) in [6, 6.07) is 3.95. The zero-order valence-electron chi connectivity index (χ0n) is 11.1. The summed E-state index contributed by atoms with van der Waals surface area (Å²) in [6.07, 6.45) is -2.50. The first kappa shape index (κ1) is 16.2. The first-order valence-electron chi connectivity index (χ1n) is 5.89. The summed E-state index contributed by atoms with van der Waals surface area (Å²) in [7, 11) is -1.56. The molecule has 2 nitrogen and oxygen atoms in total. The van der Waals surface area contributed by atoms with Crippen molar-refractivity contribution >= 4 is 11.0 Å². The van der Waals surface area contributed by atoms with Crippen molar-refractivity contribution < 1.29 is 17.4 Å². The number of nitrogens with two attached hydrogens (primary N) is 1. The molecule has 0 saturated heterocycles. The van der Waals surface area contributed by atoms with Gasteiger partial charge in [-0.25, -0.2) is 17.4 Å². The Morgan fingerprint density at radius 1 is 1.32 bits per heavy atom. The monoisotopic (exact) mass is 293 g/mol. The molecule has 0 radical (unpaired) electrons. The van der Waals surface area contributed by atoms with Gasteiger partial charge in [-0.05, 0) is 31.7 Å². The second-order valence-electron chi connectivity index (χ2n) is 5.21. The van der Waals surface area contributed by atoms with Crippen molar-refractivity contribution in [1.29, 1.82) is 0 Å². The van der Waals surface area contributed by atoms with E-state index in [9.17, 15) is 17.4 Å². The van der Waals surface area contributed by atoms with Crippen LogP contribution in [0.1, 0.15) is 50.7 Å². The Hall–Kier alpha value is -0.880. The van der Waals surface area contributed by atoms with E-state index in [2.05, 4.69) is 0 Å². The lowest BCUT2D eigenvalue weighted by Gasteiger charge is -2.25. The van der Waals surface area contributed by atoms with Gasteiger partial charge < -0.3 is 0 Å². The van der Waals surface area contributed by atoms with Crippen molar-refractivity contribution in [2.75, 3.05) is 0 Å². The molecule has 0 aliphatic carbocycles. The molecule has 19 heavy (non-hydrogen) atoms. The Labute approximate surface area is 113 Å². The number of alkyl halides is 2. The van der Waals surface area contributed by atoms with Crippen LogP contribution in [-0.2, 0) is 11.0 Å². The van der Waals surface area contributed by atoms with Crippen molar-refractivity contribution in [2.45, 2.75) is 44.3 Å². The van der Waals surface area contributed by atoms with Crippen LogP contribution in [-0.4, -0.2) is 8.96 Å². The zero-order chi connectivity index (χ0) is 14.8. The van der Waals surface area contributed by atoms with Crippen molar-refractivity contribution in [2.24, 2.45) is 5.14 Å². The molecule has 0 heterocycles. The van der Waals surface area contributed by atoms with Gasteiger partial charge in [0, 0.05) is 0 Å². The average molecular weight is 293 g/mol. The second-order valence-corrected chi connectivity index (χ2v) is 6.91. The molecule has 1 unspecified atom stereocenters. The Kier molecular flexibility index (Phi) is 5.15. The van der Waals surface area contributed by atoms with E-state index in [-0.39, 0.29) is 11.5 Å². The second kappa shape index (κ2) is 6.05. The molecule has 6 heteroatoms. The van der Waals surface area contributed by atoms with Gasteiger partial charge in [0.1, 0.15) is 5.82 Å². The van der Waals surface area contributed by atoms with Crippen LogP contribution in [0.25, 0.3) is 0 Å². The van der Waals surface area contributed by atoms with Crippen LogP contribution in [0.2, 0.25) is 0 Å². The van der Waals surface area contributed by atoms with Gasteiger partial charge in [0.05, 0.1) is 21.3 Å². The van der Waals surface area contributed by atoms with Gasteiger partial charge in [0.2, 0.25) is 0 Å². The molecule has 0 amide bonds. The normalized spacial score (nSPS) is 15.6. The third-order valence-corrected chi connectivity index (χ3v) is 4.42. The van der Waals surface area contributed by atoms with E-state index in [0.717, 1.165) is 6.07 Å². The number of hydrogen-bond donors (Lipinski definition) is 1. The minimum absolute atomic E-state index is 0.205. The van der Waals surface area contributed by atoms with E-state index in [0.29, 0.717) is 6.42 Å². The molecular formula is C13H18F3NOS. The van der Waals surface area contributed by atoms with Gasteiger partial charge in [0.15, 0.2) is 0 Å². The summed E-state index contributed by atoms with van der Waals surface area (Å²) in [5.74, 6) is -1.23. The Bertz CT molecular complexity index is 477. The number of benzene rings is 1. The van der Waals surface area contributed by atoms with Crippen LogP contribution in [0.15, 0.2) is 18.2 Å². The predicted molar refractivity (Wildman–Crippen MR) is 70.8 cm³/mol.